The lowest BCUT2D eigenvalue weighted by atomic mass is 10.1. The first-order valence-corrected chi connectivity index (χ1v) is 8.82. The van der Waals surface area contributed by atoms with Crippen LogP contribution in [-0.2, 0) is 4.79 Å². The van der Waals surface area contributed by atoms with Gasteiger partial charge in [0.15, 0.2) is 17.6 Å². The van der Waals surface area contributed by atoms with Gasteiger partial charge in [0.05, 0.1) is 13.7 Å². The van der Waals surface area contributed by atoms with E-state index >= 15 is 0 Å². The Balaban J connectivity index is 1.82. The average molecular weight is 357 g/mol. The molecule has 26 heavy (non-hydrogen) atoms. The van der Waals surface area contributed by atoms with Crippen LogP contribution in [0, 0.1) is 13.8 Å². The van der Waals surface area contributed by atoms with E-state index in [1.165, 1.54) is 11.1 Å². The van der Waals surface area contributed by atoms with Crippen LogP contribution < -0.4 is 19.5 Å². The summed E-state index contributed by atoms with van der Waals surface area (Å²) < 4.78 is 16.8. The van der Waals surface area contributed by atoms with E-state index in [4.69, 9.17) is 14.2 Å². The highest BCUT2D eigenvalue weighted by molar-refractivity contribution is 5.81. The minimum absolute atomic E-state index is 0.165. The van der Waals surface area contributed by atoms with Gasteiger partial charge in [0.25, 0.3) is 5.91 Å². The van der Waals surface area contributed by atoms with Gasteiger partial charge in [-0.25, -0.2) is 0 Å². The molecule has 5 heteroatoms. The van der Waals surface area contributed by atoms with Crippen molar-refractivity contribution in [1.29, 1.82) is 0 Å². The van der Waals surface area contributed by atoms with Crippen LogP contribution in [0.4, 0.5) is 0 Å². The molecule has 0 fully saturated rings. The summed E-state index contributed by atoms with van der Waals surface area (Å²) in [4.78, 5) is 12.4. The molecule has 1 amide bonds. The van der Waals surface area contributed by atoms with Crippen molar-refractivity contribution >= 4 is 5.91 Å². The third-order valence-corrected chi connectivity index (χ3v) is 4.15. The van der Waals surface area contributed by atoms with Gasteiger partial charge in [-0.05, 0) is 55.7 Å². The van der Waals surface area contributed by atoms with Crippen molar-refractivity contribution in [2.75, 3.05) is 20.3 Å². The molecule has 0 saturated carbocycles. The number of amides is 1. The zero-order valence-corrected chi connectivity index (χ0v) is 15.9. The summed E-state index contributed by atoms with van der Waals surface area (Å²) in [5, 5.41) is 2.86. The van der Waals surface area contributed by atoms with Crippen molar-refractivity contribution in [3.8, 4) is 17.2 Å². The van der Waals surface area contributed by atoms with E-state index in [1.54, 1.807) is 19.2 Å². The topological polar surface area (TPSA) is 56.8 Å². The Morgan fingerprint density at radius 2 is 1.81 bits per heavy atom. The van der Waals surface area contributed by atoms with Gasteiger partial charge in [0.1, 0.15) is 12.4 Å². The first-order valence-electron chi connectivity index (χ1n) is 8.82. The number of methoxy groups -OCH3 is 1. The molecule has 5 nitrogen and oxygen atoms in total. The number of hydrogen-bond acceptors (Lipinski definition) is 4. The predicted octanol–water partition coefficient (Wildman–Crippen LogP) is 3.66. The smallest absolute Gasteiger partial charge is 0.261 e. The summed E-state index contributed by atoms with van der Waals surface area (Å²) in [7, 11) is 1.58. The van der Waals surface area contributed by atoms with E-state index in [9.17, 15) is 4.79 Å². The van der Waals surface area contributed by atoms with Crippen LogP contribution in [0.1, 0.15) is 24.5 Å². The van der Waals surface area contributed by atoms with Crippen molar-refractivity contribution in [3.63, 3.8) is 0 Å². The lowest BCUT2D eigenvalue weighted by Crippen LogP contribution is -2.39. The predicted molar refractivity (Wildman–Crippen MR) is 102 cm³/mol. The third-order valence-electron chi connectivity index (χ3n) is 4.15. The van der Waals surface area contributed by atoms with E-state index in [2.05, 4.69) is 12.2 Å². The van der Waals surface area contributed by atoms with E-state index in [0.29, 0.717) is 31.1 Å². The third kappa shape index (κ3) is 5.41. The largest absolute Gasteiger partial charge is 0.493 e. The van der Waals surface area contributed by atoms with Gasteiger partial charge in [-0.15, -0.1) is 0 Å². The van der Waals surface area contributed by atoms with Crippen LogP contribution >= 0.6 is 0 Å². The van der Waals surface area contributed by atoms with Crippen molar-refractivity contribution < 1.29 is 19.0 Å². The number of carbonyl (C=O) groups excluding carboxylic acids is 1. The van der Waals surface area contributed by atoms with E-state index < -0.39 is 6.10 Å². The molecule has 1 unspecified atom stereocenters. The molecule has 0 saturated heterocycles. The van der Waals surface area contributed by atoms with Gasteiger partial charge in [0.2, 0.25) is 0 Å². The number of hydrogen-bond donors (Lipinski definition) is 1. The van der Waals surface area contributed by atoms with Gasteiger partial charge >= 0.3 is 0 Å². The summed E-state index contributed by atoms with van der Waals surface area (Å²) in [5.74, 6) is 1.81. The Bertz CT molecular complexity index is 730. The number of rotatable bonds is 9. The Morgan fingerprint density at radius 1 is 1.08 bits per heavy atom. The lowest BCUT2D eigenvalue weighted by Gasteiger charge is -2.19. The highest BCUT2D eigenvalue weighted by Crippen LogP contribution is 2.27. The standard InChI is InChI=1S/C21H27NO4/c1-5-18(26-20-9-7-6-8-19(20)24-4)21(23)22-12-13-25-17-11-10-15(2)16(3)14-17/h6-11,14,18H,5,12-13H2,1-4H3,(H,22,23). The highest BCUT2D eigenvalue weighted by Gasteiger charge is 2.19. The number of carbonyl (C=O) groups is 1. The maximum absolute atomic E-state index is 12.4. The molecule has 2 rings (SSSR count). The van der Waals surface area contributed by atoms with E-state index in [1.807, 2.05) is 44.2 Å². The molecular weight excluding hydrogens is 330 g/mol. The van der Waals surface area contributed by atoms with E-state index in [0.717, 1.165) is 5.75 Å². The Hall–Kier alpha value is -2.69. The van der Waals surface area contributed by atoms with E-state index in [-0.39, 0.29) is 5.91 Å². The fraction of sp³-hybridized carbons (Fsp3) is 0.381. The molecule has 0 aliphatic carbocycles. The molecule has 1 atom stereocenters. The summed E-state index contributed by atoms with van der Waals surface area (Å²) >= 11 is 0. The van der Waals surface area contributed by atoms with Crippen LogP contribution in [0.15, 0.2) is 42.5 Å². The molecule has 0 radical (unpaired) electrons. The maximum atomic E-state index is 12.4. The monoisotopic (exact) mass is 357 g/mol. The van der Waals surface area contributed by atoms with Crippen molar-refractivity contribution in [2.24, 2.45) is 0 Å². The summed E-state index contributed by atoms with van der Waals surface area (Å²) in [5.41, 5.74) is 2.41. The van der Waals surface area contributed by atoms with Crippen molar-refractivity contribution in [3.05, 3.63) is 53.6 Å². The number of ether oxygens (including phenoxy) is 3. The minimum atomic E-state index is -0.576. The Morgan fingerprint density at radius 3 is 2.46 bits per heavy atom. The Labute approximate surface area is 155 Å². The highest BCUT2D eigenvalue weighted by atomic mass is 16.5. The average Bonchev–Trinajstić information content (AvgIpc) is 2.66. The number of benzene rings is 2. The molecule has 1 N–H and O–H groups in total. The van der Waals surface area contributed by atoms with Crippen LogP contribution in [0.2, 0.25) is 0 Å². The van der Waals surface area contributed by atoms with Crippen LogP contribution in [0.3, 0.4) is 0 Å². The first-order chi connectivity index (χ1) is 12.5. The number of aryl methyl sites for hydroxylation is 2. The van der Waals surface area contributed by atoms with Crippen LogP contribution in [-0.4, -0.2) is 32.3 Å². The molecule has 2 aromatic rings. The van der Waals surface area contributed by atoms with Gasteiger partial charge in [0, 0.05) is 0 Å². The summed E-state index contributed by atoms with van der Waals surface area (Å²) in [6.07, 6.45) is -0.0186. The van der Waals surface area contributed by atoms with Crippen LogP contribution in [0.5, 0.6) is 17.2 Å². The molecule has 0 bridgehead atoms. The fourth-order valence-electron chi connectivity index (χ4n) is 2.45. The minimum Gasteiger partial charge on any atom is -0.493 e. The second kappa shape index (κ2) is 9.70. The molecular formula is C21H27NO4. The lowest BCUT2D eigenvalue weighted by molar-refractivity contribution is -0.128. The SMILES string of the molecule is CCC(Oc1ccccc1OC)C(=O)NCCOc1ccc(C)c(C)c1. The van der Waals surface area contributed by atoms with Gasteiger partial charge in [-0.2, -0.15) is 0 Å². The van der Waals surface area contributed by atoms with Crippen molar-refractivity contribution in [2.45, 2.75) is 33.3 Å². The molecule has 0 aliphatic rings. The second-order valence-corrected chi connectivity index (χ2v) is 6.05. The second-order valence-electron chi connectivity index (χ2n) is 6.05. The maximum Gasteiger partial charge on any atom is 0.261 e. The first kappa shape index (κ1) is 19.6. The fourth-order valence-corrected chi connectivity index (χ4v) is 2.45. The zero-order chi connectivity index (χ0) is 18.9. The van der Waals surface area contributed by atoms with Gasteiger partial charge in [-0.3, -0.25) is 4.79 Å². The Kier molecular flexibility index (Phi) is 7.33. The van der Waals surface area contributed by atoms with Crippen LogP contribution in [0.25, 0.3) is 0 Å². The molecule has 0 aliphatic heterocycles. The molecule has 140 valence electrons. The van der Waals surface area contributed by atoms with Crippen molar-refractivity contribution in [1.82, 2.24) is 5.32 Å². The normalized spacial score (nSPS) is 11.5. The summed E-state index contributed by atoms with van der Waals surface area (Å²) in [6, 6.07) is 13.3. The quantitative estimate of drug-likeness (QED) is 0.696. The molecule has 0 aromatic heterocycles. The zero-order valence-electron chi connectivity index (χ0n) is 15.9. The number of para-hydroxylation sites is 2. The molecule has 2 aromatic carbocycles. The number of nitrogens with one attached hydrogen (secondary N) is 1. The van der Waals surface area contributed by atoms with Gasteiger partial charge in [-0.1, -0.05) is 25.1 Å². The van der Waals surface area contributed by atoms with Gasteiger partial charge < -0.3 is 19.5 Å². The molecule has 0 heterocycles. The molecule has 0 spiro atoms. The summed E-state index contributed by atoms with van der Waals surface area (Å²) in [6.45, 7) is 6.83.